The molecule has 2 unspecified atom stereocenters. The largest absolute Gasteiger partial charge is 0.462 e. The molecular formula is C17H28O6. The summed E-state index contributed by atoms with van der Waals surface area (Å²) in [6.07, 6.45) is 2.38. The molecule has 0 aliphatic rings. The first kappa shape index (κ1) is 21.1. The van der Waals surface area contributed by atoms with Crippen LogP contribution >= 0.6 is 0 Å². The molecule has 0 saturated carbocycles. The lowest BCUT2D eigenvalue weighted by atomic mass is 10.2. The van der Waals surface area contributed by atoms with Crippen LogP contribution in [0.1, 0.15) is 59.3 Å². The molecule has 0 spiro atoms. The zero-order valence-corrected chi connectivity index (χ0v) is 14.3. The molecule has 0 rings (SSSR count). The quantitative estimate of drug-likeness (QED) is 0.311. The molecule has 0 saturated heterocycles. The summed E-state index contributed by atoms with van der Waals surface area (Å²) in [5.41, 5.74) is 0. The maximum atomic E-state index is 11.7. The van der Waals surface area contributed by atoms with Gasteiger partial charge in [-0.2, -0.15) is 0 Å². The number of hydrogen-bond acceptors (Lipinski definition) is 6. The van der Waals surface area contributed by atoms with E-state index in [1.165, 1.54) is 6.08 Å². The predicted molar refractivity (Wildman–Crippen MR) is 85.6 cm³/mol. The van der Waals surface area contributed by atoms with Crippen molar-refractivity contribution in [1.82, 2.24) is 0 Å². The van der Waals surface area contributed by atoms with Crippen LogP contribution in [0.25, 0.3) is 0 Å². The fourth-order valence-electron chi connectivity index (χ4n) is 1.77. The first-order valence-electron chi connectivity index (χ1n) is 8.15. The standard InChI is InChI=1S/C17H28O6/c1-5-9-15(18)21-12-14(23-17(20)11-7-3)13(8-4)22-16(19)10-6-2/h8,13-14H,4-7,9-12H2,1-3H3. The van der Waals surface area contributed by atoms with Gasteiger partial charge in [0.15, 0.2) is 12.2 Å². The second kappa shape index (κ2) is 12.7. The Balaban J connectivity index is 4.82. The third kappa shape index (κ3) is 9.71. The van der Waals surface area contributed by atoms with Gasteiger partial charge in [0.05, 0.1) is 0 Å². The third-order valence-electron chi connectivity index (χ3n) is 2.92. The molecule has 0 radical (unpaired) electrons. The van der Waals surface area contributed by atoms with E-state index in [4.69, 9.17) is 14.2 Å². The number of carbonyl (C=O) groups excluding carboxylic acids is 3. The van der Waals surface area contributed by atoms with Gasteiger partial charge in [-0.15, -0.1) is 0 Å². The number of rotatable bonds is 12. The molecule has 0 aliphatic heterocycles. The van der Waals surface area contributed by atoms with Crippen LogP contribution in [-0.4, -0.2) is 36.7 Å². The van der Waals surface area contributed by atoms with E-state index in [0.717, 1.165) is 0 Å². The molecule has 23 heavy (non-hydrogen) atoms. The molecule has 2 atom stereocenters. The molecule has 0 aliphatic carbocycles. The van der Waals surface area contributed by atoms with Crippen molar-refractivity contribution in [3.8, 4) is 0 Å². The first-order valence-corrected chi connectivity index (χ1v) is 8.15. The summed E-state index contributed by atoms with van der Waals surface area (Å²) < 4.78 is 15.6. The molecule has 132 valence electrons. The number of ether oxygens (including phenoxy) is 3. The molecule has 0 aromatic rings. The van der Waals surface area contributed by atoms with Gasteiger partial charge in [0.1, 0.15) is 6.61 Å². The normalized spacial score (nSPS) is 12.8. The van der Waals surface area contributed by atoms with E-state index >= 15 is 0 Å². The maximum absolute atomic E-state index is 11.7. The van der Waals surface area contributed by atoms with Crippen molar-refractivity contribution in [3.05, 3.63) is 12.7 Å². The molecule has 0 aromatic heterocycles. The summed E-state index contributed by atoms with van der Waals surface area (Å²) in [6.45, 7) is 9.01. The van der Waals surface area contributed by atoms with Crippen molar-refractivity contribution >= 4 is 17.9 Å². The van der Waals surface area contributed by atoms with Crippen LogP contribution in [0.5, 0.6) is 0 Å². The minimum atomic E-state index is -0.881. The first-order chi connectivity index (χ1) is 11.0. The minimum absolute atomic E-state index is 0.162. The van der Waals surface area contributed by atoms with Crippen LogP contribution < -0.4 is 0 Å². The Morgan fingerprint density at radius 2 is 1.35 bits per heavy atom. The molecule has 0 bridgehead atoms. The van der Waals surface area contributed by atoms with Gasteiger partial charge in [-0.25, -0.2) is 0 Å². The Labute approximate surface area is 138 Å². The zero-order chi connectivity index (χ0) is 17.7. The fourth-order valence-corrected chi connectivity index (χ4v) is 1.77. The van der Waals surface area contributed by atoms with Crippen LogP contribution in [0.15, 0.2) is 12.7 Å². The van der Waals surface area contributed by atoms with E-state index in [1.54, 1.807) is 0 Å². The fraction of sp³-hybridized carbons (Fsp3) is 0.706. The predicted octanol–water partition coefficient (Wildman–Crippen LogP) is 2.94. The monoisotopic (exact) mass is 328 g/mol. The second-order valence-electron chi connectivity index (χ2n) is 5.15. The van der Waals surface area contributed by atoms with E-state index in [0.29, 0.717) is 19.3 Å². The summed E-state index contributed by atoms with van der Waals surface area (Å²) in [4.78, 5) is 34.9. The summed E-state index contributed by atoms with van der Waals surface area (Å²) >= 11 is 0. The van der Waals surface area contributed by atoms with E-state index in [2.05, 4.69) is 6.58 Å². The minimum Gasteiger partial charge on any atom is -0.462 e. The molecular weight excluding hydrogens is 300 g/mol. The van der Waals surface area contributed by atoms with Crippen molar-refractivity contribution in [1.29, 1.82) is 0 Å². The maximum Gasteiger partial charge on any atom is 0.306 e. The molecule has 0 N–H and O–H groups in total. The highest BCUT2D eigenvalue weighted by Crippen LogP contribution is 2.11. The molecule has 0 amide bonds. The van der Waals surface area contributed by atoms with E-state index in [-0.39, 0.29) is 31.8 Å². The van der Waals surface area contributed by atoms with Crippen molar-refractivity contribution < 1.29 is 28.6 Å². The van der Waals surface area contributed by atoms with Gasteiger partial charge < -0.3 is 14.2 Å². The average Bonchev–Trinajstić information content (AvgIpc) is 2.50. The highest BCUT2D eigenvalue weighted by atomic mass is 16.6. The molecule has 6 nitrogen and oxygen atoms in total. The Bertz CT molecular complexity index is 391. The Kier molecular flexibility index (Phi) is 11.7. The van der Waals surface area contributed by atoms with Gasteiger partial charge in [-0.1, -0.05) is 27.4 Å². The SMILES string of the molecule is C=CC(OC(=O)CCC)C(COC(=O)CCC)OC(=O)CCC. The molecule has 6 heteroatoms. The molecule has 0 fully saturated rings. The zero-order valence-electron chi connectivity index (χ0n) is 14.3. The Hall–Kier alpha value is -1.85. The van der Waals surface area contributed by atoms with Gasteiger partial charge >= 0.3 is 17.9 Å². The second-order valence-corrected chi connectivity index (χ2v) is 5.15. The average molecular weight is 328 g/mol. The highest BCUT2D eigenvalue weighted by molar-refractivity contribution is 5.71. The summed E-state index contributed by atoms with van der Waals surface area (Å²) in [6, 6.07) is 0. The topological polar surface area (TPSA) is 78.9 Å². The molecule has 0 heterocycles. The van der Waals surface area contributed by atoms with Crippen molar-refractivity contribution in [2.24, 2.45) is 0 Å². The summed E-state index contributed by atoms with van der Waals surface area (Å²) in [7, 11) is 0. The summed E-state index contributed by atoms with van der Waals surface area (Å²) in [5, 5.41) is 0. The van der Waals surface area contributed by atoms with Crippen molar-refractivity contribution in [2.75, 3.05) is 6.61 Å². The van der Waals surface area contributed by atoms with Gasteiger partial charge in [0.25, 0.3) is 0 Å². The third-order valence-corrected chi connectivity index (χ3v) is 2.92. The van der Waals surface area contributed by atoms with Crippen LogP contribution in [0.2, 0.25) is 0 Å². The summed E-state index contributed by atoms with van der Waals surface area (Å²) in [5.74, 6) is -1.22. The smallest absolute Gasteiger partial charge is 0.306 e. The lowest BCUT2D eigenvalue weighted by Crippen LogP contribution is -2.38. The van der Waals surface area contributed by atoms with Gasteiger partial charge in [0.2, 0.25) is 0 Å². The highest BCUT2D eigenvalue weighted by Gasteiger charge is 2.27. The molecule has 0 aromatic carbocycles. The number of esters is 3. The van der Waals surface area contributed by atoms with Crippen molar-refractivity contribution in [3.63, 3.8) is 0 Å². The van der Waals surface area contributed by atoms with Crippen molar-refractivity contribution in [2.45, 2.75) is 71.5 Å². The van der Waals surface area contributed by atoms with E-state index in [9.17, 15) is 14.4 Å². The van der Waals surface area contributed by atoms with Crippen LogP contribution in [0, 0.1) is 0 Å². The van der Waals surface area contributed by atoms with Crippen LogP contribution in [0.3, 0.4) is 0 Å². The van der Waals surface area contributed by atoms with Gasteiger partial charge in [-0.05, 0) is 25.3 Å². The number of carbonyl (C=O) groups is 3. The Morgan fingerprint density at radius 1 is 0.870 bits per heavy atom. The van der Waals surface area contributed by atoms with Crippen LogP contribution in [0.4, 0.5) is 0 Å². The van der Waals surface area contributed by atoms with Gasteiger partial charge in [0, 0.05) is 19.3 Å². The van der Waals surface area contributed by atoms with Gasteiger partial charge in [-0.3, -0.25) is 14.4 Å². The van der Waals surface area contributed by atoms with E-state index < -0.39 is 24.1 Å². The number of hydrogen-bond donors (Lipinski definition) is 0. The Morgan fingerprint density at radius 3 is 1.83 bits per heavy atom. The lowest BCUT2D eigenvalue weighted by molar-refractivity contribution is -0.172. The lowest BCUT2D eigenvalue weighted by Gasteiger charge is -2.24. The van der Waals surface area contributed by atoms with Crippen LogP contribution in [-0.2, 0) is 28.6 Å². The van der Waals surface area contributed by atoms with E-state index in [1.807, 2.05) is 20.8 Å².